The van der Waals surface area contributed by atoms with Crippen LogP contribution in [0.1, 0.15) is 20.3 Å². The second kappa shape index (κ2) is 5.19. The van der Waals surface area contributed by atoms with Crippen molar-refractivity contribution in [3.63, 3.8) is 0 Å². The second-order valence-corrected chi connectivity index (χ2v) is 4.49. The van der Waals surface area contributed by atoms with Gasteiger partial charge in [-0.25, -0.2) is 0 Å². The van der Waals surface area contributed by atoms with Crippen molar-refractivity contribution < 1.29 is 9.52 Å². The minimum absolute atomic E-state index is 0.163. The predicted octanol–water partition coefficient (Wildman–Crippen LogP) is 2.65. The highest BCUT2D eigenvalue weighted by Crippen LogP contribution is 2.20. The first-order valence-electron chi connectivity index (χ1n) is 5.93. The number of aliphatic hydroxyl groups is 1. The molecule has 0 saturated carbocycles. The SMILES string of the molecule is CC(C)C(CCO)Nc1nc2ccccc2o1. The van der Waals surface area contributed by atoms with Crippen molar-refractivity contribution in [2.24, 2.45) is 5.92 Å². The number of oxazole rings is 1. The van der Waals surface area contributed by atoms with E-state index < -0.39 is 0 Å². The number of anilines is 1. The minimum atomic E-state index is 0.163. The van der Waals surface area contributed by atoms with Crippen molar-refractivity contribution in [1.29, 1.82) is 0 Å². The fourth-order valence-corrected chi connectivity index (χ4v) is 1.80. The molecule has 4 nitrogen and oxygen atoms in total. The van der Waals surface area contributed by atoms with E-state index in [9.17, 15) is 0 Å². The smallest absolute Gasteiger partial charge is 0.295 e. The molecule has 1 aromatic heterocycles. The third-order valence-electron chi connectivity index (χ3n) is 2.85. The Morgan fingerprint density at radius 3 is 2.76 bits per heavy atom. The number of benzene rings is 1. The molecule has 0 bridgehead atoms. The minimum Gasteiger partial charge on any atom is -0.424 e. The van der Waals surface area contributed by atoms with Crippen molar-refractivity contribution in [1.82, 2.24) is 4.98 Å². The van der Waals surface area contributed by atoms with Gasteiger partial charge in [0.1, 0.15) is 5.52 Å². The number of hydrogen-bond donors (Lipinski definition) is 2. The van der Waals surface area contributed by atoms with Gasteiger partial charge in [0.2, 0.25) is 0 Å². The normalized spacial score (nSPS) is 13.2. The summed E-state index contributed by atoms with van der Waals surface area (Å²) in [6, 6.07) is 8.36. The summed E-state index contributed by atoms with van der Waals surface area (Å²) in [5, 5.41) is 12.2. The largest absolute Gasteiger partial charge is 0.424 e. The topological polar surface area (TPSA) is 58.3 Å². The molecule has 0 aliphatic heterocycles. The Hall–Kier alpha value is -1.55. The van der Waals surface area contributed by atoms with Crippen LogP contribution in [-0.4, -0.2) is 22.7 Å². The van der Waals surface area contributed by atoms with E-state index in [4.69, 9.17) is 9.52 Å². The molecule has 2 aromatic rings. The van der Waals surface area contributed by atoms with Gasteiger partial charge in [-0.1, -0.05) is 26.0 Å². The molecule has 17 heavy (non-hydrogen) atoms. The molecule has 0 fully saturated rings. The molecular formula is C13H18N2O2. The van der Waals surface area contributed by atoms with Gasteiger partial charge in [-0.2, -0.15) is 4.98 Å². The molecule has 0 amide bonds. The average molecular weight is 234 g/mol. The Morgan fingerprint density at radius 1 is 1.35 bits per heavy atom. The summed E-state index contributed by atoms with van der Waals surface area (Å²) < 4.78 is 5.59. The number of fused-ring (bicyclic) bond motifs is 1. The number of aliphatic hydroxyl groups excluding tert-OH is 1. The van der Waals surface area contributed by atoms with Gasteiger partial charge in [0, 0.05) is 12.6 Å². The van der Waals surface area contributed by atoms with Crippen LogP contribution < -0.4 is 5.32 Å². The van der Waals surface area contributed by atoms with E-state index in [1.165, 1.54) is 0 Å². The number of rotatable bonds is 5. The quantitative estimate of drug-likeness (QED) is 0.835. The van der Waals surface area contributed by atoms with Gasteiger partial charge < -0.3 is 14.8 Å². The van der Waals surface area contributed by atoms with Gasteiger partial charge in [-0.3, -0.25) is 0 Å². The van der Waals surface area contributed by atoms with E-state index in [1.807, 2.05) is 24.3 Å². The third-order valence-corrected chi connectivity index (χ3v) is 2.85. The molecule has 2 N–H and O–H groups in total. The van der Waals surface area contributed by atoms with Gasteiger partial charge in [-0.05, 0) is 24.5 Å². The summed E-state index contributed by atoms with van der Waals surface area (Å²) in [4.78, 5) is 4.36. The Morgan fingerprint density at radius 2 is 2.12 bits per heavy atom. The maximum Gasteiger partial charge on any atom is 0.295 e. The van der Waals surface area contributed by atoms with E-state index in [2.05, 4.69) is 24.1 Å². The molecule has 0 radical (unpaired) electrons. The summed E-state index contributed by atoms with van der Waals surface area (Å²) in [6.07, 6.45) is 0.691. The summed E-state index contributed by atoms with van der Waals surface area (Å²) in [7, 11) is 0. The van der Waals surface area contributed by atoms with Crippen LogP contribution in [0, 0.1) is 5.92 Å². The number of nitrogens with zero attached hydrogens (tertiary/aromatic N) is 1. The van der Waals surface area contributed by atoms with Crippen molar-refractivity contribution in [3.05, 3.63) is 24.3 Å². The highest BCUT2D eigenvalue weighted by atomic mass is 16.4. The lowest BCUT2D eigenvalue weighted by Crippen LogP contribution is -2.26. The van der Waals surface area contributed by atoms with E-state index in [0.29, 0.717) is 18.4 Å². The molecule has 0 spiro atoms. The van der Waals surface area contributed by atoms with Gasteiger partial charge in [0.05, 0.1) is 0 Å². The zero-order valence-electron chi connectivity index (χ0n) is 10.2. The molecule has 1 aromatic carbocycles. The van der Waals surface area contributed by atoms with Crippen LogP contribution in [0.3, 0.4) is 0 Å². The predicted molar refractivity (Wildman–Crippen MR) is 68.0 cm³/mol. The van der Waals surface area contributed by atoms with Crippen molar-refractivity contribution >= 4 is 17.1 Å². The van der Waals surface area contributed by atoms with Gasteiger partial charge in [0.15, 0.2) is 5.58 Å². The van der Waals surface area contributed by atoms with Gasteiger partial charge in [0.25, 0.3) is 6.01 Å². The van der Waals surface area contributed by atoms with Crippen molar-refractivity contribution in [2.45, 2.75) is 26.3 Å². The summed E-state index contributed by atoms with van der Waals surface area (Å²) in [5.41, 5.74) is 1.63. The van der Waals surface area contributed by atoms with E-state index >= 15 is 0 Å². The molecular weight excluding hydrogens is 216 g/mol. The standard InChI is InChI=1S/C13H18N2O2/c1-9(2)10(7-8-16)14-13-15-11-5-3-4-6-12(11)17-13/h3-6,9-10,16H,7-8H2,1-2H3,(H,14,15). The first-order chi connectivity index (χ1) is 8.20. The van der Waals surface area contributed by atoms with Crippen molar-refractivity contribution in [2.75, 3.05) is 11.9 Å². The molecule has 1 atom stereocenters. The third kappa shape index (κ3) is 2.77. The molecule has 2 rings (SSSR count). The molecule has 1 unspecified atom stereocenters. The average Bonchev–Trinajstić information content (AvgIpc) is 2.70. The molecule has 0 saturated heterocycles. The van der Waals surface area contributed by atoms with Crippen LogP contribution in [0.15, 0.2) is 28.7 Å². The Kier molecular flexibility index (Phi) is 3.64. The summed E-state index contributed by atoms with van der Waals surface area (Å²) >= 11 is 0. The lowest BCUT2D eigenvalue weighted by molar-refractivity contribution is 0.266. The molecule has 92 valence electrons. The Balaban J connectivity index is 2.16. The molecule has 0 aliphatic carbocycles. The van der Waals surface area contributed by atoms with Crippen LogP contribution in [-0.2, 0) is 0 Å². The molecule has 4 heteroatoms. The van der Waals surface area contributed by atoms with Crippen LogP contribution in [0.2, 0.25) is 0 Å². The number of nitrogens with one attached hydrogen (secondary N) is 1. The lowest BCUT2D eigenvalue weighted by atomic mass is 10.0. The lowest BCUT2D eigenvalue weighted by Gasteiger charge is -2.19. The number of aromatic nitrogens is 1. The number of para-hydroxylation sites is 2. The maximum atomic E-state index is 9.01. The van der Waals surface area contributed by atoms with Gasteiger partial charge in [-0.15, -0.1) is 0 Å². The Labute approximate surface area is 101 Å². The maximum absolute atomic E-state index is 9.01. The highest BCUT2D eigenvalue weighted by Gasteiger charge is 2.15. The first kappa shape index (κ1) is 11.9. The monoisotopic (exact) mass is 234 g/mol. The van der Waals surface area contributed by atoms with E-state index in [0.717, 1.165) is 11.1 Å². The Bertz CT molecular complexity index is 446. The van der Waals surface area contributed by atoms with Crippen LogP contribution in [0.25, 0.3) is 11.1 Å². The highest BCUT2D eigenvalue weighted by molar-refractivity contribution is 5.74. The molecule has 1 heterocycles. The number of hydrogen-bond acceptors (Lipinski definition) is 4. The van der Waals surface area contributed by atoms with Gasteiger partial charge >= 0.3 is 0 Å². The van der Waals surface area contributed by atoms with E-state index in [-0.39, 0.29) is 12.6 Å². The van der Waals surface area contributed by atoms with Crippen LogP contribution >= 0.6 is 0 Å². The fraction of sp³-hybridized carbons (Fsp3) is 0.462. The van der Waals surface area contributed by atoms with Crippen molar-refractivity contribution in [3.8, 4) is 0 Å². The first-order valence-corrected chi connectivity index (χ1v) is 5.93. The zero-order chi connectivity index (χ0) is 12.3. The zero-order valence-corrected chi connectivity index (χ0v) is 10.2. The summed E-state index contributed by atoms with van der Waals surface area (Å²) in [5.74, 6) is 0.414. The summed E-state index contributed by atoms with van der Waals surface area (Å²) in [6.45, 7) is 4.38. The van der Waals surface area contributed by atoms with E-state index in [1.54, 1.807) is 0 Å². The fourth-order valence-electron chi connectivity index (χ4n) is 1.80. The van der Waals surface area contributed by atoms with Crippen LogP contribution in [0.5, 0.6) is 0 Å². The van der Waals surface area contributed by atoms with Crippen LogP contribution in [0.4, 0.5) is 6.01 Å². The second-order valence-electron chi connectivity index (χ2n) is 4.49. The molecule has 0 aliphatic rings.